The number of aromatic nitrogens is 2. The van der Waals surface area contributed by atoms with E-state index in [1.54, 1.807) is 17.0 Å². The third-order valence-corrected chi connectivity index (χ3v) is 6.88. The number of anilines is 1. The molecule has 14 heteroatoms. The van der Waals surface area contributed by atoms with Crippen molar-refractivity contribution in [2.24, 2.45) is 5.16 Å². The normalized spacial score (nSPS) is 20.0. The minimum absolute atomic E-state index is 0.0271. The number of nitrogens with two attached hydrogens (primary N) is 1. The minimum Gasteiger partial charge on any atom is -0.477 e. The fourth-order valence-electron chi connectivity index (χ4n) is 4.03. The Kier molecular flexibility index (Phi) is 5.64. The zero-order valence-corrected chi connectivity index (χ0v) is 19.0. The number of oxime groups is 1. The number of hydrogen-bond acceptors (Lipinski definition) is 10. The molecule has 0 aromatic carbocycles. The number of β-lactam (4-membered cyclic amide) rings is 1. The number of hydrogen-bond donors (Lipinski definition) is 3. The van der Waals surface area contributed by atoms with Crippen molar-refractivity contribution < 1.29 is 37.8 Å². The van der Waals surface area contributed by atoms with Crippen molar-refractivity contribution in [2.75, 3.05) is 18.6 Å². The molecule has 35 heavy (non-hydrogen) atoms. The molecule has 2 atom stereocenters. The lowest BCUT2D eigenvalue weighted by atomic mass is 10.0. The SMILES string of the molecule is CON=C(C(=O)NC1C(=O)N2C(C(=O)O)=C(C[n+]3cccc4ccoc43)CS[C@@H]12)c1cc(N)on1. The zero-order chi connectivity index (χ0) is 24.7. The molecule has 2 amide bonds. The van der Waals surface area contributed by atoms with Crippen LogP contribution in [0.3, 0.4) is 0 Å². The number of amides is 2. The van der Waals surface area contributed by atoms with Gasteiger partial charge >= 0.3 is 11.7 Å². The highest BCUT2D eigenvalue weighted by Gasteiger charge is 2.55. The van der Waals surface area contributed by atoms with Crippen LogP contribution in [0, 0.1) is 0 Å². The average molecular weight is 499 g/mol. The summed E-state index contributed by atoms with van der Waals surface area (Å²) < 4.78 is 12.1. The second kappa shape index (κ2) is 8.79. The van der Waals surface area contributed by atoms with Crippen molar-refractivity contribution in [3.05, 3.63) is 53.7 Å². The number of carbonyl (C=O) groups is 3. The zero-order valence-electron chi connectivity index (χ0n) is 18.2. The van der Waals surface area contributed by atoms with Crippen molar-refractivity contribution in [1.29, 1.82) is 0 Å². The summed E-state index contributed by atoms with van der Waals surface area (Å²) in [6.45, 7) is 0.227. The maximum absolute atomic E-state index is 13.0. The minimum atomic E-state index is -1.23. The van der Waals surface area contributed by atoms with Gasteiger partial charge in [-0.15, -0.1) is 11.8 Å². The van der Waals surface area contributed by atoms with Gasteiger partial charge in [0.05, 0.1) is 11.6 Å². The van der Waals surface area contributed by atoms with E-state index in [0.29, 0.717) is 17.0 Å². The van der Waals surface area contributed by atoms with Gasteiger partial charge in [0, 0.05) is 23.5 Å². The number of rotatable bonds is 7. The highest BCUT2D eigenvalue weighted by atomic mass is 32.2. The van der Waals surface area contributed by atoms with Crippen LogP contribution in [0.25, 0.3) is 11.1 Å². The van der Waals surface area contributed by atoms with E-state index < -0.39 is 29.2 Å². The second-order valence-electron chi connectivity index (χ2n) is 7.67. The number of furan rings is 1. The number of pyridine rings is 1. The Morgan fingerprint density at radius 3 is 3.00 bits per heavy atom. The molecule has 3 aromatic heterocycles. The number of fused-ring (bicyclic) bond motifs is 2. The highest BCUT2D eigenvalue weighted by molar-refractivity contribution is 8.00. The lowest BCUT2D eigenvalue weighted by molar-refractivity contribution is -0.669. The Labute approximate surface area is 201 Å². The van der Waals surface area contributed by atoms with Gasteiger partial charge < -0.3 is 29.9 Å². The van der Waals surface area contributed by atoms with E-state index in [2.05, 4.69) is 15.6 Å². The van der Waals surface area contributed by atoms with Crippen molar-refractivity contribution in [3.8, 4) is 0 Å². The molecule has 4 N–H and O–H groups in total. The summed E-state index contributed by atoms with van der Waals surface area (Å²) in [5, 5.41) is 20.1. The van der Waals surface area contributed by atoms with Crippen LogP contribution in [0.15, 0.2) is 62.1 Å². The van der Waals surface area contributed by atoms with E-state index in [0.717, 1.165) is 5.39 Å². The van der Waals surface area contributed by atoms with Gasteiger partial charge in [-0.3, -0.25) is 14.5 Å². The standard InChI is InChI=1S/C21H18N6O7S/c1-32-25-14(12-7-13(22)34-24-12)17(28)23-15-18(29)27-16(21(30)31)11(9-35-20(15)27)8-26-5-2-3-10-4-6-33-19(10)26/h2-7,15,20H,8-9H2,1H3,(H3-,22,23,24,28,30,31)/p+1/t15?,20-/m0/s1. The Balaban J connectivity index is 1.38. The number of nitrogen functional groups attached to an aromatic ring is 1. The first-order valence-corrected chi connectivity index (χ1v) is 11.3. The third-order valence-electron chi connectivity index (χ3n) is 5.54. The van der Waals surface area contributed by atoms with Crippen LogP contribution in [-0.2, 0) is 25.8 Å². The van der Waals surface area contributed by atoms with Crippen LogP contribution in [0.4, 0.5) is 5.88 Å². The molecule has 0 saturated carbocycles. The molecule has 0 aliphatic carbocycles. The molecule has 1 unspecified atom stereocenters. The van der Waals surface area contributed by atoms with Gasteiger partial charge in [-0.2, -0.15) is 4.57 Å². The van der Waals surface area contributed by atoms with Crippen molar-refractivity contribution in [3.63, 3.8) is 0 Å². The predicted octanol–water partition coefficient (Wildman–Crippen LogP) is 0.0798. The molecule has 13 nitrogen and oxygen atoms in total. The lowest BCUT2D eigenvalue weighted by Crippen LogP contribution is -2.71. The maximum atomic E-state index is 13.0. The van der Waals surface area contributed by atoms with Gasteiger partial charge in [0.25, 0.3) is 11.8 Å². The van der Waals surface area contributed by atoms with E-state index in [9.17, 15) is 19.5 Å². The number of aliphatic carboxylic acids is 1. The van der Waals surface area contributed by atoms with Gasteiger partial charge in [0.15, 0.2) is 18.5 Å². The topological polar surface area (TPSA) is 177 Å². The summed E-state index contributed by atoms with van der Waals surface area (Å²) >= 11 is 1.35. The summed E-state index contributed by atoms with van der Waals surface area (Å²) in [7, 11) is 1.25. The molecule has 0 bridgehead atoms. The fourth-order valence-corrected chi connectivity index (χ4v) is 5.37. The highest BCUT2D eigenvalue weighted by Crippen LogP contribution is 2.40. The van der Waals surface area contributed by atoms with E-state index in [1.807, 2.05) is 18.2 Å². The van der Waals surface area contributed by atoms with Crippen molar-refractivity contribution in [2.45, 2.75) is 18.0 Å². The Morgan fingerprint density at radius 1 is 1.46 bits per heavy atom. The first-order valence-electron chi connectivity index (χ1n) is 10.3. The summed E-state index contributed by atoms with van der Waals surface area (Å²) in [4.78, 5) is 43.9. The number of carbonyl (C=O) groups excluding carboxylic acids is 2. The molecule has 5 rings (SSSR count). The molecule has 1 fully saturated rings. The largest absolute Gasteiger partial charge is 0.477 e. The van der Waals surface area contributed by atoms with Gasteiger partial charge in [0.2, 0.25) is 5.88 Å². The number of carboxylic acids is 1. The number of carboxylic acid groups (broad SMARTS) is 1. The molecule has 0 radical (unpaired) electrons. The molecule has 1 saturated heterocycles. The smallest absolute Gasteiger partial charge is 0.380 e. The third kappa shape index (κ3) is 3.86. The van der Waals surface area contributed by atoms with Gasteiger partial charge in [0.1, 0.15) is 29.9 Å². The Morgan fingerprint density at radius 2 is 2.29 bits per heavy atom. The molecule has 3 aromatic rings. The second-order valence-corrected chi connectivity index (χ2v) is 8.78. The summed E-state index contributed by atoms with van der Waals surface area (Å²) in [6, 6.07) is 5.85. The molecular formula is C21H19N6O7S+. The van der Waals surface area contributed by atoms with Crippen molar-refractivity contribution >= 4 is 52.2 Å². The van der Waals surface area contributed by atoms with E-state index >= 15 is 0 Å². The number of nitrogens with one attached hydrogen (secondary N) is 1. The van der Waals surface area contributed by atoms with Crippen LogP contribution < -0.4 is 15.6 Å². The summed E-state index contributed by atoms with van der Waals surface area (Å²) in [5.74, 6) is -2.22. The Bertz CT molecular complexity index is 1410. The predicted molar refractivity (Wildman–Crippen MR) is 121 cm³/mol. The lowest BCUT2D eigenvalue weighted by Gasteiger charge is -2.49. The van der Waals surface area contributed by atoms with Crippen LogP contribution in [0.1, 0.15) is 5.69 Å². The first-order chi connectivity index (χ1) is 16.9. The summed E-state index contributed by atoms with van der Waals surface area (Å²) in [6.07, 6.45) is 3.34. The van der Waals surface area contributed by atoms with Crippen molar-refractivity contribution in [1.82, 2.24) is 15.4 Å². The Hall–Kier alpha value is -4.33. The molecule has 2 aliphatic heterocycles. The molecule has 5 heterocycles. The van der Waals surface area contributed by atoms with Crippen LogP contribution in [0.2, 0.25) is 0 Å². The van der Waals surface area contributed by atoms with E-state index in [4.69, 9.17) is 19.5 Å². The average Bonchev–Trinajstić information content (AvgIpc) is 3.49. The van der Waals surface area contributed by atoms with Gasteiger partial charge in [-0.1, -0.05) is 10.3 Å². The van der Waals surface area contributed by atoms with Crippen LogP contribution in [0.5, 0.6) is 0 Å². The van der Waals surface area contributed by atoms with Gasteiger partial charge in [-0.25, -0.2) is 4.79 Å². The van der Waals surface area contributed by atoms with Crippen LogP contribution in [-0.4, -0.2) is 62.9 Å². The molecular weight excluding hydrogens is 480 g/mol. The molecule has 0 spiro atoms. The van der Waals surface area contributed by atoms with Crippen LogP contribution >= 0.6 is 11.8 Å². The number of nitrogens with zero attached hydrogens (tertiary/aromatic N) is 4. The fraction of sp³-hybridized carbons (Fsp3) is 0.238. The number of thioether (sulfide) groups is 1. The van der Waals surface area contributed by atoms with E-state index in [-0.39, 0.29) is 29.5 Å². The molecule has 180 valence electrons. The summed E-state index contributed by atoms with van der Waals surface area (Å²) in [5.41, 5.74) is 6.33. The van der Waals surface area contributed by atoms with E-state index in [1.165, 1.54) is 29.8 Å². The monoisotopic (exact) mass is 499 g/mol. The molecule has 2 aliphatic rings. The van der Waals surface area contributed by atoms with Gasteiger partial charge in [-0.05, 0) is 12.1 Å². The quantitative estimate of drug-likeness (QED) is 0.175. The first kappa shape index (κ1) is 22.5. The maximum Gasteiger partial charge on any atom is 0.380 e.